The lowest BCUT2D eigenvalue weighted by molar-refractivity contribution is -0.384. The summed E-state index contributed by atoms with van der Waals surface area (Å²) in [6.07, 6.45) is 1.68. The standard InChI is InChI=1S/C16H13N3O3/c20-16(12-5-3-6-13(10-12)19(21)22)18-17-15-9-8-11-4-1-2-7-14(11)15/h1-7,10H,8-9H2,(H,18,20)/b17-15-. The Hall–Kier alpha value is -3.02. The number of nitro groups is 1. The predicted molar refractivity (Wildman–Crippen MR) is 81.9 cm³/mol. The summed E-state index contributed by atoms with van der Waals surface area (Å²) >= 11 is 0. The quantitative estimate of drug-likeness (QED) is 0.697. The van der Waals surface area contributed by atoms with Crippen molar-refractivity contribution in [2.75, 3.05) is 0 Å². The van der Waals surface area contributed by atoms with Gasteiger partial charge in [-0.2, -0.15) is 5.10 Å². The molecular formula is C16H13N3O3. The molecule has 0 saturated heterocycles. The fourth-order valence-corrected chi connectivity index (χ4v) is 2.47. The normalized spacial score (nSPS) is 14.6. The number of benzene rings is 2. The number of fused-ring (bicyclic) bond motifs is 1. The van der Waals surface area contributed by atoms with E-state index in [1.54, 1.807) is 0 Å². The van der Waals surface area contributed by atoms with Gasteiger partial charge in [0.2, 0.25) is 0 Å². The van der Waals surface area contributed by atoms with Crippen LogP contribution >= 0.6 is 0 Å². The molecule has 110 valence electrons. The summed E-state index contributed by atoms with van der Waals surface area (Å²) in [5.41, 5.74) is 5.65. The first-order valence-corrected chi connectivity index (χ1v) is 6.85. The van der Waals surface area contributed by atoms with E-state index in [0.717, 1.165) is 24.1 Å². The lowest BCUT2D eigenvalue weighted by Crippen LogP contribution is -2.19. The first-order valence-electron chi connectivity index (χ1n) is 6.85. The smallest absolute Gasteiger partial charge is 0.267 e. The number of rotatable bonds is 3. The van der Waals surface area contributed by atoms with Crippen LogP contribution < -0.4 is 5.43 Å². The van der Waals surface area contributed by atoms with Gasteiger partial charge in [0.1, 0.15) is 0 Å². The van der Waals surface area contributed by atoms with Crippen LogP contribution in [0.2, 0.25) is 0 Å². The van der Waals surface area contributed by atoms with Crippen molar-refractivity contribution in [3.8, 4) is 0 Å². The second-order valence-electron chi connectivity index (χ2n) is 4.96. The van der Waals surface area contributed by atoms with Gasteiger partial charge in [-0.15, -0.1) is 0 Å². The van der Waals surface area contributed by atoms with Crippen molar-refractivity contribution in [1.82, 2.24) is 5.43 Å². The van der Waals surface area contributed by atoms with Crippen LogP contribution in [0.1, 0.15) is 27.9 Å². The molecule has 2 aromatic carbocycles. The van der Waals surface area contributed by atoms with Crippen LogP contribution in [-0.2, 0) is 6.42 Å². The minimum Gasteiger partial charge on any atom is -0.267 e. The minimum absolute atomic E-state index is 0.119. The minimum atomic E-state index is -0.532. The third-order valence-electron chi connectivity index (χ3n) is 3.57. The molecule has 0 bridgehead atoms. The van der Waals surface area contributed by atoms with Gasteiger partial charge in [0.15, 0.2) is 0 Å². The van der Waals surface area contributed by atoms with E-state index >= 15 is 0 Å². The summed E-state index contributed by atoms with van der Waals surface area (Å²) in [7, 11) is 0. The van der Waals surface area contributed by atoms with Crippen molar-refractivity contribution >= 4 is 17.3 Å². The summed E-state index contributed by atoms with van der Waals surface area (Å²) in [5.74, 6) is -0.458. The number of hydrogen-bond donors (Lipinski definition) is 1. The molecule has 6 nitrogen and oxygen atoms in total. The number of carbonyl (C=O) groups excluding carboxylic acids is 1. The topological polar surface area (TPSA) is 84.6 Å². The van der Waals surface area contributed by atoms with E-state index in [4.69, 9.17) is 0 Å². The Morgan fingerprint density at radius 1 is 1.14 bits per heavy atom. The number of hydrazone groups is 1. The number of amides is 1. The number of nitrogens with one attached hydrogen (secondary N) is 1. The number of nitrogens with zero attached hydrogens (tertiary/aromatic N) is 2. The molecule has 0 fully saturated rings. The van der Waals surface area contributed by atoms with E-state index in [0.29, 0.717) is 0 Å². The molecule has 0 radical (unpaired) electrons. The third kappa shape index (κ3) is 2.71. The molecule has 3 rings (SSSR count). The SMILES string of the molecule is O=C(N/N=C1/CCc2ccccc21)c1cccc([N+](=O)[O-])c1. The highest BCUT2D eigenvalue weighted by Gasteiger charge is 2.17. The van der Waals surface area contributed by atoms with Gasteiger partial charge in [0, 0.05) is 23.3 Å². The highest BCUT2D eigenvalue weighted by Crippen LogP contribution is 2.21. The molecule has 0 unspecified atom stereocenters. The molecule has 1 amide bonds. The number of carbonyl (C=O) groups is 1. The van der Waals surface area contributed by atoms with Crippen LogP contribution in [0.5, 0.6) is 0 Å². The van der Waals surface area contributed by atoms with Gasteiger partial charge in [0.25, 0.3) is 11.6 Å². The number of aryl methyl sites for hydroxylation is 1. The molecule has 2 aromatic rings. The maximum Gasteiger partial charge on any atom is 0.271 e. The number of hydrogen-bond acceptors (Lipinski definition) is 4. The van der Waals surface area contributed by atoms with E-state index in [9.17, 15) is 14.9 Å². The summed E-state index contributed by atoms with van der Waals surface area (Å²) in [4.78, 5) is 22.2. The van der Waals surface area contributed by atoms with Crippen molar-refractivity contribution in [2.45, 2.75) is 12.8 Å². The zero-order valence-corrected chi connectivity index (χ0v) is 11.7. The molecule has 0 spiro atoms. The zero-order chi connectivity index (χ0) is 15.5. The van der Waals surface area contributed by atoms with Gasteiger partial charge in [-0.25, -0.2) is 5.43 Å². The Balaban J connectivity index is 1.77. The molecule has 0 heterocycles. The van der Waals surface area contributed by atoms with E-state index in [-0.39, 0.29) is 11.3 Å². The van der Waals surface area contributed by atoms with Crippen LogP contribution in [0, 0.1) is 10.1 Å². The monoisotopic (exact) mass is 295 g/mol. The van der Waals surface area contributed by atoms with Crippen molar-refractivity contribution in [3.05, 3.63) is 75.3 Å². The average molecular weight is 295 g/mol. The van der Waals surface area contributed by atoms with Crippen LogP contribution in [0.25, 0.3) is 0 Å². The molecule has 0 saturated carbocycles. The van der Waals surface area contributed by atoms with Gasteiger partial charge in [-0.3, -0.25) is 14.9 Å². The van der Waals surface area contributed by atoms with E-state index in [2.05, 4.69) is 10.5 Å². The Labute approximate surface area is 126 Å². The third-order valence-corrected chi connectivity index (χ3v) is 3.57. The van der Waals surface area contributed by atoms with Gasteiger partial charge in [-0.1, -0.05) is 30.3 Å². The summed E-state index contributed by atoms with van der Waals surface area (Å²) < 4.78 is 0. The second-order valence-corrected chi connectivity index (χ2v) is 4.96. The maximum atomic E-state index is 12.0. The van der Waals surface area contributed by atoms with E-state index < -0.39 is 10.8 Å². The molecular weight excluding hydrogens is 282 g/mol. The molecule has 0 aromatic heterocycles. The van der Waals surface area contributed by atoms with Gasteiger partial charge in [0.05, 0.1) is 10.6 Å². The predicted octanol–water partition coefficient (Wildman–Crippen LogP) is 2.68. The number of non-ortho nitro benzene ring substituents is 1. The molecule has 6 heteroatoms. The molecule has 0 aliphatic heterocycles. The van der Waals surface area contributed by atoms with Crippen molar-refractivity contribution < 1.29 is 9.72 Å². The van der Waals surface area contributed by atoms with Gasteiger partial charge >= 0.3 is 0 Å². The summed E-state index contributed by atoms with van der Waals surface area (Å²) in [5, 5.41) is 14.9. The lowest BCUT2D eigenvalue weighted by Gasteiger charge is -2.02. The first kappa shape index (κ1) is 13.9. The fourth-order valence-electron chi connectivity index (χ4n) is 2.47. The lowest BCUT2D eigenvalue weighted by atomic mass is 10.1. The van der Waals surface area contributed by atoms with Crippen LogP contribution in [0.15, 0.2) is 53.6 Å². The summed E-state index contributed by atoms with van der Waals surface area (Å²) in [6.45, 7) is 0. The van der Waals surface area contributed by atoms with Crippen LogP contribution in [0.4, 0.5) is 5.69 Å². The fraction of sp³-hybridized carbons (Fsp3) is 0.125. The van der Waals surface area contributed by atoms with Gasteiger partial charge < -0.3 is 0 Å². The Bertz CT molecular complexity index is 784. The average Bonchev–Trinajstić information content (AvgIpc) is 2.96. The van der Waals surface area contributed by atoms with Gasteiger partial charge in [-0.05, 0) is 24.5 Å². The molecule has 1 aliphatic carbocycles. The Kier molecular flexibility index (Phi) is 3.65. The maximum absolute atomic E-state index is 12.0. The molecule has 22 heavy (non-hydrogen) atoms. The molecule has 1 aliphatic rings. The molecule has 1 N–H and O–H groups in total. The van der Waals surface area contributed by atoms with Crippen molar-refractivity contribution in [2.24, 2.45) is 5.10 Å². The first-order chi connectivity index (χ1) is 10.6. The Morgan fingerprint density at radius 2 is 1.95 bits per heavy atom. The molecule has 0 atom stereocenters. The summed E-state index contributed by atoms with van der Waals surface area (Å²) in [6, 6.07) is 13.5. The largest absolute Gasteiger partial charge is 0.271 e. The number of nitro benzene ring substituents is 1. The van der Waals surface area contributed by atoms with Crippen molar-refractivity contribution in [1.29, 1.82) is 0 Å². The van der Waals surface area contributed by atoms with Crippen molar-refractivity contribution in [3.63, 3.8) is 0 Å². The van der Waals surface area contributed by atoms with Crippen LogP contribution in [-0.4, -0.2) is 16.5 Å². The highest BCUT2D eigenvalue weighted by molar-refractivity contribution is 6.05. The highest BCUT2D eigenvalue weighted by atomic mass is 16.6. The zero-order valence-electron chi connectivity index (χ0n) is 11.7. The van der Waals surface area contributed by atoms with E-state index in [1.807, 2.05) is 24.3 Å². The Morgan fingerprint density at radius 3 is 2.77 bits per heavy atom. The van der Waals surface area contributed by atoms with Crippen LogP contribution in [0.3, 0.4) is 0 Å². The second kappa shape index (κ2) is 5.77. The van der Waals surface area contributed by atoms with E-state index in [1.165, 1.54) is 29.8 Å².